The van der Waals surface area contributed by atoms with Gasteiger partial charge in [-0.2, -0.15) is 0 Å². The van der Waals surface area contributed by atoms with Gasteiger partial charge in [0.15, 0.2) is 0 Å². The number of carbonyl (C=O) groups is 1. The lowest BCUT2D eigenvalue weighted by molar-refractivity contribution is 0.0952. The second-order valence-corrected chi connectivity index (χ2v) is 5.36. The number of benzene rings is 1. The zero-order valence-electron chi connectivity index (χ0n) is 9.17. The summed E-state index contributed by atoms with van der Waals surface area (Å²) in [5, 5.41) is 2.87. The zero-order valence-corrected chi connectivity index (χ0v) is 12.1. The molecule has 1 aromatic rings. The average Bonchev–Trinajstić information content (AvgIpc) is 2.27. The van der Waals surface area contributed by atoms with Crippen LogP contribution in [0.25, 0.3) is 0 Å². The standard InChI is InChI=1S/C12H15ClINO/c1-2-5-9(13)8-15-12(16)10-6-3-4-7-11(10)14/h3-4,6-7,9H,2,5,8H2,1H3,(H,15,16). The Labute approximate surface area is 115 Å². The van der Waals surface area contributed by atoms with Crippen molar-refractivity contribution in [3.63, 3.8) is 0 Å². The third-order valence-corrected chi connectivity index (χ3v) is 3.52. The maximum Gasteiger partial charge on any atom is 0.252 e. The second-order valence-electron chi connectivity index (χ2n) is 3.58. The van der Waals surface area contributed by atoms with Crippen molar-refractivity contribution in [2.75, 3.05) is 6.54 Å². The average molecular weight is 352 g/mol. The van der Waals surface area contributed by atoms with Crippen LogP contribution < -0.4 is 5.32 Å². The SMILES string of the molecule is CCCC(Cl)CNC(=O)c1ccccc1I. The van der Waals surface area contributed by atoms with Gasteiger partial charge in [-0.25, -0.2) is 0 Å². The number of hydrogen-bond acceptors (Lipinski definition) is 1. The molecule has 0 heterocycles. The second kappa shape index (κ2) is 7.12. The van der Waals surface area contributed by atoms with Gasteiger partial charge in [-0.3, -0.25) is 4.79 Å². The van der Waals surface area contributed by atoms with Crippen molar-refractivity contribution < 1.29 is 4.79 Å². The molecule has 2 nitrogen and oxygen atoms in total. The number of amides is 1. The van der Waals surface area contributed by atoms with Crippen molar-refractivity contribution in [2.45, 2.75) is 25.1 Å². The first kappa shape index (κ1) is 13.8. The molecular formula is C12H15ClINO. The van der Waals surface area contributed by atoms with E-state index in [1.165, 1.54) is 0 Å². The molecule has 1 atom stereocenters. The van der Waals surface area contributed by atoms with Gasteiger partial charge in [0.2, 0.25) is 0 Å². The van der Waals surface area contributed by atoms with Gasteiger partial charge in [0, 0.05) is 10.1 Å². The molecule has 0 radical (unpaired) electrons. The number of nitrogens with one attached hydrogen (secondary N) is 1. The minimum Gasteiger partial charge on any atom is -0.351 e. The summed E-state index contributed by atoms with van der Waals surface area (Å²) in [6.07, 6.45) is 1.96. The number of alkyl halides is 1. The summed E-state index contributed by atoms with van der Waals surface area (Å²) in [6.45, 7) is 2.61. The molecular weight excluding hydrogens is 336 g/mol. The van der Waals surface area contributed by atoms with Crippen LogP contribution in [0.3, 0.4) is 0 Å². The van der Waals surface area contributed by atoms with E-state index in [1.54, 1.807) is 0 Å². The van der Waals surface area contributed by atoms with Gasteiger partial charge in [0.25, 0.3) is 5.91 Å². The molecule has 0 bridgehead atoms. The Morgan fingerprint density at radius 1 is 1.50 bits per heavy atom. The zero-order chi connectivity index (χ0) is 12.0. The minimum atomic E-state index is -0.0493. The van der Waals surface area contributed by atoms with Crippen LogP contribution in [0.5, 0.6) is 0 Å². The highest BCUT2D eigenvalue weighted by molar-refractivity contribution is 14.1. The van der Waals surface area contributed by atoms with E-state index < -0.39 is 0 Å². The predicted octanol–water partition coefficient (Wildman–Crippen LogP) is 3.43. The summed E-state index contributed by atoms with van der Waals surface area (Å²) >= 11 is 8.19. The van der Waals surface area contributed by atoms with Crippen LogP contribution in [-0.4, -0.2) is 17.8 Å². The number of carbonyl (C=O) groups excluding carboxylic acids is 1. The summed E-state index contributed by atoms with van der Waals surface area (Å²) in [4.78, 5) is 11.8. The fraction of sp³-hybridized carbons (Fsp3) is 0.417. The van der Waals surface area contributed by atoms with E-state index in [0.29, 0.717) is 12.1 Å². The molecule has 1 unspecified atom stereocenters. The summed E-state index contributed by atoms with van der Waals surface area (Å²) in [5.74, 6) is -0.0493. The molecule has 0 aromatic heterocycles. The Bertz CT molecular complexity index is 357. The van der Waals surface area contributed by atoms with Gasteiger partial charge in [-0.15, -0.1) is 11.6 Å². The molecule has 1 N–H and O–H groups in total. The highest BCUT2D eigenvalue weighted by Gasteiger charge is 2.10. The van der Waals surface area contributed by atoms with Crippen molar-refractivity contribution in [3.8, 4) is 0 Å². The fourth-order valence-electron chi connectivity index (χ4n) is 1.36. The molecule has 0 spiro atoms. The summed E-state index contributed by atoms with van der Waals surface area (Å²) in [7, 11) is 0. The molecule has 16 heavy (non-hydrogen) atoms. The van der Waals surface area contributed by atoms with Gasteiger partial charge < -0.3 is 5.32 Å². The highest BCUT2D eigenvalue weighted by Crippen LogP contribution is 2.11. The molecule has 0 aliphatic carbocycles. The highest BCUT2D eigenvalue weighted by atomic mass is 127. The number of rotatable bonds is 5. The smallest absolute Gasteiger partial charge is 0.252 e. The largest absolute Gasteiger partial charge is 0.351 e. The molecule has 1 amide bonds. The van der Waals surface area contributed by atoms with Gasteiger partial charge >= 0.3 is 0 Å². The van der Waals surface area contributed by atoms with E-state index in [1.807, 2.05) is 24.3 Å². The van der Waals surface area contributed by atoms with E-state index in [-0.39, 0.29) is 11.3 Å². The molecule has 0 aliphatic heterocycles. The Hall–Kier alpha value is -0.290. The van der Waals surface area contributed by atoms with Crippen molar-refractivity contribution in [1.29, 1.82) is 0 Å². The maximum absolute atomic E-state index is 11.8. The van der Waals surface area contributed by atoms with Gasteiger partial charge in [0.1, 0.15) is 0 Å². The van der Waals surface area contributed by atoms with Crippen molar-refractivity contribution in [1.82, 2.24) is 5.32 Å². The predicted molar refractivity (Wildman–Crippen MR) is 76.0 cm³/mol. The number of halogens is 2. The molecule has 1 rings (SSSR count). The third-order valence-electron chi connectivity index (χ3n) is 2.20. The van der Waals surface area contributed by atoms with Crippen molar-refractivity contribution >= 4 is 40.1 Å². The normalized spacial score (nSPS) is 12.2. The van der Waals surface area contributed by atoms with Gasteiger partial charge in [0.05, 0.1) is 10.9 Å². The van der Waals surface area contributed by atoms with E-state index in [4.69, 9.17) is 11.6 Å². The van der Waals surface area contributed by atoms with E-state index in [0.717, 1.165) is 16.4 Å². The van der Waals surface area contributed by atoms with E-state index in [2.05, 4.69) is 34.8 Å². The molecule has 0 saturated heterocycles. The van der Waals surface area contributed by atoms with Crippen LogP contribution in [0.1, 0.15) is 30.1 Å². The van der Waals surface area contributed by atoms with Gasteiger partial charge in [-0.05, 0) is 41.1 Å². The van der Waals surface area contributed by atoms with Crippen LogP contribution >= 0.6 is 34.2 Å². The monoisotopic (exact) mass is 351 g/mol. The van der Waals surface area contributed by atoms with Crippen LogP contribution in [-0.2, 0) is 0 Å². The molecule has 0 fully saturated rings. The first-order chi connectivity index (χ1) is 7.65. The topological polar surface area (TPSA) is 29.1 Å². The van der Waals surface area contributed by atoms with Crippen LogP contribution in [0.4, 0.5) is 0 Å². The summed E-state index contributed by atoms with van der Waals surface area (Å²) in [5.41, 5.74) is 0.712. The Morgan fingerprint density at radius 2 is 2.19 bits per heavy atom. The van der Waals surface area contributed by atoms with Crippen LogP contribution in [0.2, 0.25) is 0 Å². The Morgan fingerprint density at radius 3 is 2.81 bits per heavy atom. The molecule has 0 aliphatic rings. The number of hydrogen-bond donors (Lipinski definition) is 1. The molecule has 4 heteroatoms. The fourth-order valence-corrected chi connectivity index (χ4v) is 2.29. The maximum atomic E-state index is 11.8. The third kappa shape index (κ3) is 4.29. The lowest BCUT2D eigenvalue weighted by Gasteiger charge is -2.10. The van der Waals surface area contributed by atoms with Crippen molar-refractivity contribution in [3.05, 3.63) is 33.4 Å². The molecule has 0 saturated carbocycles. The first-order valence-corrected chi connectivity index (χ1v) is 6.83. The molecule has 88 valence electrons. The molecule has 1 aromatic carbocycles. The first-order valence-electron chi connectivity index (χ1n) is 5.32. The summed E-state index contributed by atoms with van der Waals surface area (Å²) < 4.78 is 0.958. The Balaban J connectivity index is 2.50. The van der Waals surface area contributed by atoms with Crippen LogP contribution in [0.15, 0.2) is 24.3 Å². The van der Waals surface area contributed by atoms with Crippen LogP contribution in [0, 0.1) is 3.57 Å². The Kier molecular flexibility index (Phi) is 6.13. The van der Waals surface area contributed by atoms with Crippen molar-refractivity contribution in [2.24, 2.45) is 0 Å². The lowest BCUT2D eigenvalue weighted by Crippen LogP contribution is -2.30. The lowest BCUT2D eigenvalue weighted by atomic mass is 10.2. The minimum absolute atomic E-state index is 0.0234. The summed E-state index contributed by atoms with van der Waals surface area (Å²) in [6, 6.07) is 7.52. The van der Waals surface area contributed by atoms with E-state index >= 15 is 0 Å². The van der Waals surface area contributed by atoms with Gasteiger partial charge in [-0.1, -0.05) is 25.5 Å². The quantitative estimate of drug-likeness (QED) is 0.639. The van der Waals surface area contributed by atoms with E-state index in [9.17, 15) is 4.79 Å².